The first-order valence-electron chi connectivity index (χ1n) is 6.07. The molecule has 0 aliphatic heterocycles. The first-order valence-corrected chi connectivity index (χ1v) is 6.07. The third kappa shape index (κ3) is 2.99. The molecule has 1 rings (SSSR count). The number of aryl methyl sites for hydroxylation is 2. The highest BCUT2D eigenvalue weighted by atomic mass is 16.5. The lowest BCUT2D eigenvalue weighted by atomic mass is 9.93. The van der Waals surface area contributed by atoms with E-state index in [0.29, 0.717) is 0 Å². The van der Waals surface area contributed by atoms with Gasteiger partial charge in [0.15, 0.2) is 0 Å². The minimum atomic E-state index is 0.0247. The summed E-state index contributed by atoms with van der Waals surface area (Å²) in [6, 6.07) is 2.21. The highest BCUT2D eigenvalue weighted by Gasteiger charge is 2.17. The van der Waals surface area contributed by atoms with Crippen molar-refractivity contribution in [3.63, 3.8) is 0 Å². The zero-order chi connectivity index (χ0) is 13.0. The second-order valence-electron chi connectivity index (χ2n) is 4.58. The van der Waals surface area contributed by atoms with Crippen LogP contribution in [0.25, 0.3) is 0 Å². The molecule has 0 aromatic heterocycles. The summed E-state index contributed by atoms with van der Waals surface area (Å²) in [6.45, 7) is 7.20. The van der Waals surface area contributed by atoms with Gasteiger partial charge in [-0.3, -0.25) is 0 Å². The van der Waals surface area contributed by atoms with Gasteiger partial charge in [-0.1, -0.05) is 6.07 Å². The Labute approximate surface area is 104 Å². The second-order valence-corrected chi connectivity index (χ2v) is 4.58. The van der Waals surface area contributed by atoms with Crippen molar-refractivity contribution in [2.24, 2.45) is 5.73 Å². The first-order chi connectivity index (χ1) is 8.02. The van der Waals surface area contributed by atoms with E-state index in [1.165, 1.54) is 16.7 Å². The Hall–Kier alpha value is -1.06. The molecule has 3 heteroatoms. The largest absolute Gasteiger partial charge is 0.496 e. The van der Waals surface area contributed by atoms with Gasteiger partial charge in [-0.15, -0.1) is 0 Å². The molecule has 0 fully saturated rings. The minimum absolute atomic E-state index is 0.0247. The number of nitrogens with two attached hydrogens (primary N) is 1. The summed E-state index contributed by atoms with van der Waals surface area (Å²) < 4.78 is 5.54. The molecule has 0 bridgehead atoms. The lowest BCUT2D eigenvalue weighted by molar-refractivity contribution is 0.399. The normalized spacial score (nSPS) is 12.6. The first kappa shape index (κ1) is 14.0. The van der Waals surface area contributed by atoms with Crippen molar-refractivity contribution < 1.29 is 4.74 Å². The van der Waals surface area contributed by atoms with Crippen LogP contribution in [-0.4, -0.2) is 20.7 Å². The van der Waals surface area contributed by atoms with Gasteiger partial charge in [0.05, 0.1) is 7.11 Å². The van der Waals surface area contributed by atoms with Crippen molar-refractivity contribution in [2.45, 2.75) is 33.2 Å². The summed E-state index contributed by atoms with van der Waals surface area (Å²) in [4.78, 5) is 0. The number of methoxy groups -OCH3 is 1. The third-order valence-corrected chi connectivity index (χ3v) is 3.31. The predicted molar refractivity (Wildman–Crippen MR) is 72.7 cm³/mol. The zero-order valence-corrected chi connectivity index (χ0v) is 11.6. The van der Waals surface area contributed by atoms with Crippen LogP contribution in [0, 0.1) is 20.8 Å². The average molecular weight is 236 g/mol. The Morgan fingerprint density at radius 1 is 1.29 bits per heavy atom. The van der Waals surface area contributed by atoms with Crippen LogP contribution in [0.2, 0.25) is 0 Å². The Kier molecular flexibility index (Phi) is 4.97. The molecule has 17 heavy (non-hydrogen) atoms. The molecule has 0 saturated heterocycles. The number of benzene rings is 1. The summed E-state index contributed by atoms with van der Waals surface area (Å²) in [5.41, 5.74) is 11.1. The highest BCUT2D eigenvalue weighted by Crippen LogP contribution is 2.34. The van der Waals surface area contributed by atoms with Crippen LogP contribution in [-0.2, 0) is 0 Å². The van der Waals surface area contributed by atoms with E-state index in [4.69, 9.17) is 10.5 Å². The maximum absolute atomic E-state index is 6.26. The van der Waals surface area contributed by atoms with Crippen LogP contribution in [0.5, 0.6) is 5.75 Å². The summed E-state index contributed by atoms with van der Waals surface area (Å²) >= 11 is 0. The van der Waals surface area contributed by atoms with E-state index in [9.17, 15) is 0 Å². The molecule has 0 radical (unpaired) electrons. The van der Waals surface area contributed by atoms with Crippen molar-refractivity contribution in [3.8, 4) is 5.75 Å². The maximum atomic E-state index is 6.26. The van der Waals surface area contributed by atoms with Crippen LogP contribution in [0.3, 0.4) is 0 Å². The Morgan fingerprint density at radius 2 is 1.94 bits per heavy atom. The predicted octanol–water partition coefficient (Wildman–Crippen LogP) is 2.23. The van der Waals surface area contributed by atoms with E-state index < -0.39 is 0 Å². The zero-order valence-electron chi connectivity index (χ0n) is 11.6. The molecule has 1 atom stereocenters. The van der Waals surface area contributed by atoms with E-state index in [2.05, 4.69) is 32.2 Å². The molecular formula is C14H24N2O. The number of ether oxygens (including phenoxy) is 1. The number of hydrogen-bond acceptors (Lipinski definition) is 3. The Balaban J connectivity index is 3.17. The fraction of sp³-hybridized carbons (Fsp3) is 0.571. The van der Waals surface area contributed by atoms with Gasteiger partial charge in [0.2, 0.25) is 0 Å². The minimum Gasteiger partial charge on any atom is -0.496 e. The molecule has 0 spiro atoms. The van der Waals surface area contributed by atoms with Crippen LogP contribution in [0.1, 0.15) is 34.7 Å². The van der Waals surface area contributed by atoms with E-state index in [1.54, 1.807) is 7.11 Å². The van der Waals surface area contributed by atoms with Gasteiger partial charge < -0.3 is 15.8 Å². The van der Waals surface area contributed by atoms with Crippen LogP contribution in [0.4, 0.5) is 0 Å². The van der Waals surface area contributed by atoms with E-state index in [0.717, 1.165) is 24.3 Å². The van der Waals surface area contributed by atoms with Crippen molar-refractivity contribution >= 4 is 0 Å². The summed E-state index contributed by atoms with van der Waals surface area (Å²) in [5, 5.41) is 3.13. The molecule has 1 unspecified atom stereocenters. The number of rotatable bonds is 5. The molecule has 96 valence electrons. The number of hydrogen-bond donors (Lipinski definition) is 2. The smallest absolute Gasteiger partial charge is 0.127 e. The van der Waals surface area contributed by atoms with E-state index in [1.807, 2.05) is 7.05 Å². The molecule has 3 N–H and O–H groups in total. The van der Waals surface area contributed by atoms with Crippen LogP contribution < -0.4 is 15.8 Å². The van der Waals surface area contributed by atoms with Gasteiger partial charge in [-0.05, 0) is 57.5 Å². The Morgan fingerprint density at radius 3 is 2.47 bits per heavy atom. The lowest BCUT2D eigenvalue weighted by Gasteiger charge is -2.21. The standard InChI is InChI=1S/C14H24N2O/c1-9-8-10(2)13(12(15)6-7-16-4)14(17-5)11(9)3/h8,12,16H,6-7,15H2,1-5H3. The SMILES string of the molecule is CNCCC(N)c1c(C)cc(C)c(C)c1OC. The molecular weight excluding hydrogens is 212 g/mol. The van der Waals surface area contributed by atoms with Crippen molar-refractivity contribution in [1.29, 1.82) is 0 Å². The van der Waals surface area contributed by atoms with Crippen LogP contribution >= 0.6 is 0 Å². The molecule has 0 aliphatic rings. The fourth-order valence-corrected chi connectivity index (χ4v) is 2.24. The van der Waals surface area contributed by atoms with E-state index >= 15 is 0 Å². The second kappa shape index (κ2) is 6.03. The van der Waals surface area contributed by atoms with Crippen molar-refractivity contribution in [1.82, 2.24) is 5.32 Å². The van der Waals surface area contributed by atoms with Crippen LogP contribution in [0.15, 0.2) is 6.07 Å². The highest BCUT2D eigenvalue weighted by molar-refractivity contribution is 5.51. The van der Waals surface area contributed by atoms with Gasteiger partial charge in [-0.25, -0.2) is 0 Å². The molecule has 0 heterocycles. The van der Waals surface area contributed by atoms with Gasteiger partial charge in [0.1, 0.15) is 5.75 Å². The quantitative estimate of drug-likeness (QED) is 0.824. The van der Waals surface area contributed by atoms with Crippen molar-refractivity contribution in [3.05, 3.63) is 28.3 Å². The molecule has 0 saturated carbocycles. The Bertz CT molecular complexity index is 388. The molecule has 0 aliphatic carbocycles. The lowest BCUT2D eigenvalue weighted by Crippen LogP contribution is -2.20. The van der Waals surface area contributed by atoms with Gasteiger partial charge in [0.25, 0.3) is 0 Å². The van der Waals surface area contributed by atoms with Gasteiger partial charge in [0, 0.05) is 11.6 Å². The monoisotopic (exact) mass is 236 g/mol. The average Bonchev–Trinajstić information content (AvgIpc) is 2.30. The maximum Gasteiger partial charge on any atom is 0.127 e. The topological polar surface area (TPSA) is 47.3 Å². The van der Waals surface area contributed by atoms with Crippen molar-refractivity contribution in [2.75, 3.05) is 20.7 Å². The molecule has 0 amide bonds. The number of nitrogens with one attached hydrogen (secondary N) is 1. The van der Waals surface area contributed by atoms with Gasteiger partial charge >= 0.3 is 0 Å². The molecule has 3 nitrogen and oxygen atoms in total. The van der Waals surface area contributed by atoms with Gasteiger partial charge in [-0.2, -0.15) is 0 Å². The summed E-state index contributed by atoms with van der Waals surface area (Å²) in [7, 11) is 3.66. The summed E-state index contributed by atoms with van der Waals surface area (Å²) in [5.74, 6) is 0.950. The third-order valence-electron chi connectivity index (χ3n) is 3.31. The molecule has 1 aromatic carbocycles. The molecule has 1 aromatic rings. The fourth-order valence-electron chi connectivity index (χ4n) is 2.24. The summed E-state index contributed by atoms with van der Waals surface area (Å²) in [6.07, 6.45) is 0.913. The van der Waals surface area contributed by atoms with E-state index in [-0.39, 0.29) is 6.04 Å².